The number of carbonyl (C=O) groups is 1. The number of anilines is 1. The van der Waals surface area contributed by atoms with Crippen molar-refractivity contribution in [1.29, 1.82) is 0 Å². The van der Waals surface area contributed by atoms with Crippen LogP contribution < -0.4 is 9.64 Å². The first kappa shape index (κ1) is 13.1. The quantitative estimate of drug-likeness (QED) is 0.804. The van der Waals surface area contributed by atoms with Gasteiger partial charge < -0.3 is 4.74 Å². The fourth-order valence-electron chi connectivity index (χ4n) is 2.23. The number of hydrogen-bond donors (Lipinski definition) is 0. The van der Waals surface area contributed by atoms with Gasteiger partial charge in [0.1, 0.15) is 17.5 Å². The maximum absolute atomic E-state index is 12.6. The lowest BCUT2D eigenvalue weighted by molar-refractivity contribution is 0.0956. The molecule has 0 radical (unpaired) electrons. The molecular weight excluding hydrogens is 320 g/mol. The Kier molecular flexibility index (Phi) is 3.44. The average molecular weight is 333 g/mol. The Morgan fingerprint density at radius 1 is 1.40 bits per heavy atom. The highest BCUT2D eigenvalue weighted by Gasteiger charge is 2.29. The molecule has 0 saturated carbocycles. The van der Waals surface area contributed by atoms with Gasteiger partial charge in [-0.25, -0.2) is 0 Å². The van der Waals surface area contributed by atoms with Crippen LogP contribution in [-0.2, 0) is 0 Å². The van der Waals surface area contributed by atoms with Crippen LogP contribution in [-0.4, -0.2) is 23.5 Å². The topological polar surface area (TPSA) is 42.4 Å². The first-order chi connectivity index (χ1) is 9.65. The Labute approximate surface area is 125 Å². The second-order valence-electron chi connectivity index (χ2n) is 4.67. The van der Waals surface area contributed by atoms with Crippen molar-refractivity contribution in [2.45, 2.75) is 13.0 Å². The lowest BCUT2D eigenvalue weighted by atomic mass is 10.1. The number of benzene rings is 1. The molecule has 0 bridgehead atoms. The van der Waals surface area contributed by atoms with E-state index in [4.69, 9.17) is 4.74 Å². The van der Waals surface area contributed by atoms with E-state index >= 15 is 0 Å². The SMILES string of the molecule is C[C@@H]1CN(C(=O)c2ccccn2)c2cc(Br)ccc2O1. The highest BCUT2D eigenvalue weighted by molar-refractivity contribution is 9.10. The van der Waals surface area contributed by atoms with Crippen LogP contribution in [0.2, 0.25) is 0 Å². The van der Waals surface area contributed by atoms with E-state index in [9.17, 15) is 4.79 Å². The summed E-state index contributed by atoms with van der Waals surface area (Å²) in [6.07, 6.45) is 1.58. The van der Waals surface area contributed by atoms with Gasteiger partial charge >= 0.3 is 0 Å². The van der Waals surface area contributed by atoms with Crippen LogP contribution in [0.1, 0.15) is 17.4 Å². The largest absolute Gasteiger partial charge is 0.487 e. The number of amides is 1. The monoisotopic (exact) mass is 332 g/mol. The summed E-state index contributed by atoms with van der Waals surface area (Å²) in [5.41, 5.74) is 1.21. The van der Waals surface area contributed by atoms with E-state index < -0.39 is 0 Å². The second kappa shape index (κ2) is 5.25. The maximum atomic E-state index is 12.6. The van der Waals surface area contributed by atoms with Crippen molar-refractivity contribution >= 4 is 27.5 Å². The number of pyridine rings is 1. The van der Waals surface area contributed by atoms with Crippen molar-refractivity contribution in [2.75, 3.05) is 11.4 Å². The minimum Gasteiger partial charge on any atom is -0.487 e. The van der Waals surface area contributed by atoms with E-state index in [0.717, 1.165) is 15.9 Å². The zero-order chi connectivity index (χ0) is 14.1. The summed E-state index contributed by atoms with van der Waals surface area (Å²) in [6.45, 7) is 2.46. The van der Waals surface area contributed by atoms with Crippen LogP contribution in [0, 0.1) is 0 Å². The molecule has 0 aliphatic carbocycles. The third-order valence-corrected chi connectivity index (χ3v) is 3.60. The number of aromatic nitrogens is 1. The van der Waals surface area contributed by atoms with Gasteiger partial charge in [-0.05, 0) is 37.3 Å². The lowest BCUT2D eigenvalue weighted by Gasteiger charge is -2.33. The Morgan fingerprint density at radius 3 is 3.00 bits per heavy atom. The molecule has 2 aromatic rings. The van der Waals surface area contributed by atoms with Gasteiger partial charge in [-0.2, -0.15) is 0 Å². The van der Waals surface area contributed by atoms with E-state index in [0.29, 0.717) is 12.2 Å². The van der Waals surface area contributed by atoms with Gasteiger partial charge in [0.05, 0.1) is 12.2 Å². The summed E-state index contributed by atoms with van der Waals surface area (Å²) in [4.78, 5) is 18.5. The van der Waals surface area contributed by atoms with Crippen molar-refractivity contribution in [3.8, 4) is 5.75 Å². The van der Waals surface area contributed by atoms with Crippen molar-refractivity contribution in [1.82, 2.24) is 4.98 Å². The van der Waals surface area contributed by atoms with Gasteiger partial charge in [0.25, 0.3) is 5.91 Å². The smallest absolute Gasteiger partial charge is 0.277 e. The van der Waals surface area contributed by atoms with Crippen molar-refractivity contribution < 1.29 is 9.53 Å². The predicted molar refractivity (Wildman–Crippen MR) is 80.1 cm³/mol. The number of carbonyl (C=O) groups excluding carboxylic acids is 1. The van der Waals surface area contributed by atoms with Crippen LogP contribution in [0.3, 0.4) is 0 Å². The molecule has 1 atom stereocenters. The summed E-state index contributed by atoms with van der Waals surface area (Å²) in [6, 6.07) is 11.0. The summed E-state index contributed by atoms with van der Waals surface area (Å²) in [7, 11) is 0. The number of hydrogen-bond acceptors (Lipinski definition) is 3. The molecule has 1 aliphatic rings. The van der Waals surface area contributed by atoms with Crippen molar-refractivity contribution in [3.63, 3.8) is 0 Å². The number of fused-ring (bicyclic) bond motifs is 1. The van der Waals surface area contributed by atoms with Gasteiger partial charge in [0.2, 0.25) is 0 Å². The number of halogens is 1. The molecule has 4 nitrogen and oxygen atoms in total. The molecule has 5 heteroatoms. The average Bonchev–Trinajstić information content (AvgIpc) is 2.47. The molecule has 0 spiro atoms. The van der Waals surface area contributed by atoms with Gasteiger partial charge in [-0.15, -0.1) is 0 Å². The molecule has 102 valence electrons. The normalized spacial score (nSPS) is 17.3. The summed E-state index contributed by atoms with van der Waals surface area (Å²) in [5, 5.41) is 0. The third kappa shape index (κ3) is 2.41. The molecule has 20 heavy (non-hydrogen) atoms. The zero-order valence-electron chi connectivity index (χ0n) is 10.9. The van der Waals surface area contributed by atoms with Gasteiger partial charge in [-0.1, -0.05) is 22.0 Å². The summed E-state index contributed by atoms with van der Waals surface area (Å²) < 4.78 is 6.68. The molecule has 3 rings (SSSR count). The Bertz CT molecular complexity index is 646. The van der Waals surface area contributed by atoms with Crippen LogP contribution in [0.25, 0.3) is 0 Å². The molecule has 1 aromatic carbocycles. The van der Waals surface area contributed by atoms with E-state index in [1.54, 1.807) is 23.2 Å². The molecule has 1 amide bonds. The van der Waals surface area contributed by atoms with Gasteiger partial charge in [0.15, 0.2) is 0 Å². The number of rotatable bonds is 1. The highest BCUT2D eigenvalue weighted by Crippen LogP contribution is 2.36. The predicted octanol–water partition coefficient (Wildman–Crippen LogP) is 3.27. The fraction of sp³-hybridized carbons (Fsp3) is 0.200. The van der Waals surface area contributed by atoms with Crippen LogP contribution in [0.15, 0.2) is 47.1 Å². The zero-order valence-corrected chi connectivity index (χ0v) is 12.5. The Hall–Kier alpha value is -1.88. The van der Waals surface area contributed by atoms with Crippen molar-refractivity contribution in [3.05, 3.63) is 52.8 Å². The molecule has 0 fully saturated rings. The fourth-order valence-corrected chi connectivity index (χ4v) is 2.58. The second-order valence-corrected chi connectivity index (χ2v) is 5.59. The van der Waals surface area contributed by atoms with E-state index in [2.05, 4.69) is 20.9 Å². The Balaban J connectivity index is 2.02. The van der Waals surface area contributed by atoms with Crippen LogP contribution >= 0.6 is 15.9 Å². The molecule has 2 heterocycles. The third-order valence-electron chi connectivity index (χ3n) is 3.11. The molecule has 0 unspecified atom stereocenters. The Morgan fingerprint density at radius 2 is 2.25 bits per heavy atom. The van der Waals surface area contributed by atoms with E-state index in [1.165, 1.54) is 0 Å². The first-order valence-electron chi connectivity index (χ1n) is 6.34. The van der Waals surface area contributed by atoms with Crippen molar-refractivity contribution in [2.24, 2.45) is 0 Å². The summed E-state index contributed by atoms with van der Waals surface area (Å²) >= 11 is 3.43. The first-order valence-corrected chi connectivity index (χ1v) is 7.13. The molecule has 0 saturated heterocycles. The van der Waals surface area contributed by atoms with Crippen LogP contribution in [0.5, 0.6) is 5.75 Å². The number of ether oxygens (including phenoxy) is 1. The maximum Gasteiger partial charge on any atom is 0.277 e. The van der Waals surface area contributed by atoms with Crippen LogP contribution in [0.4, 0.5) is 5.69 Å². The minimum atomic E-state index is -0.111. The van der Waals surface area contributed by atoms with Gasteiger partial charge in [-0.3, -0.25) is 14.7 Å². The van der Waals surface area contributed by atoms with E-state index in [-0.39, 0.29) is 12.0 Å². The molecule has 1 aliphatic heterocycles. The number of nitrogens with zero attached hydrogens (tertiary/aromatic N) is 2. The van der Waals surface area contributed by atoms with E-state index in [1.807, 2.05) is 31.2 Å². The minimum absolute atomic E-state index is 0.0451. The van der Waals surface area contributed by atoms with Gasteiger partial charge in [0, 0.05) is 10.7 Å². The molecule has 1 aromatic heterocycles. The standard InChI is InChI=1S/C15H13BrN2O2/c1-10-9-18(15(19)12-4-2-3-7-17-12)13-8-11(16)5-6-14(13)20-10/h2-8,10H,9H2,1H3/t10-/m1/s1. The molecule has 0 N–H and O–H groups in total. The highest BCUT2D eigenvalue weighted by atomic mass is 79.9. The molecular formula is C15H13BrN2O2. The summed E-state index contributed by atoms with van der Waals surface area (Å²) in [5.74, 6) is 0.608. The lowest BCUT2D eigenvalue weighted by Crippen LogP contribution is -2.42.